The molecular weight excluding hydrogens is 366 g/mol. The van der Waals surface area contributed by atoms with Crippen LogP contribution in [0, 0.1) is 11.3 Å². The highest BCUT2D eigenvalue weighted by Crippen LogP contribution is 2.19. The minimum atomic E-state index is -3.88. The summed E-state index contributed by atoms with van der Waals surface area (Å²) in [6, 6.07) is 14.2. The zero-order valence-corrected chi connectivity index (χ0v) is 15.6. The largest absolute Gasteiger partial charge is 0.497 e. The third-order valence-corrected chi connectivity index (χ3v) is 5.47. The number of nitrogens with zero attached hydrogens (tertiary/aromatic N) is 2. The van der Waals surface area contributed by atoms with Gasteiger partial charge in [-0.15, -0.1) is 6.58 Å². The molecule has 0 aliphatic heterocycles. The molecule has 2 rings (SSSR count). The monoisotopic (exact) mass is 385 g/mol. The van der Waals surface area contributed by atoms with E-state index in [4.69, 9.17) is 10.00 Å². The molecule has 0 spiro atoms. The highest BCUT2D eigenvalue weighted by atomic mass is 32.2. The number of benzene rings is 2. The average Bonchev–Trinajstić information content (AvgIpc) is 2.68. The van der Waals surface area contributed by atoms with Gasteiger partial charge in [0.2, 0.25) is 15.9 Å². The van der Waals surface area contributed by atoms with Gasteiger partial charge in [0.1, 0.15) is 5.75 Å². The molecule has 1 N–H and O–H groups in total. The highest BCUT2D eigenvalue weighted by Gasteiger charge is 2.25. The van der Waals surface area contributed by atoms with E-state index < -0.39 is 15.9 Å². The van der Waals surface area contributed by atoms with Crippen molar-refractivity contribution in [3.05, 3.63) is 66.7 Å². The lowest BCUT2D eigenvalue weighted by Crippen LogP contribution is -2.38. The van der Waals surface area contributed by atoms with Gasteiger partial charge in [-0.1, -0.05) is 6.08 Å². The number of amides is 1. The summed E-state index contributed by atoms with van der Waals surface area (Å²) in [6.07, 6.45) is 1.41. The van der Waals surface area contributed by atoms with E-state index in [0.29, 0.717) is 17.0 Å². The van der Waals surface area contributed by atoms with E-state index in [1.165, 1.54) is 37.5 Å². The first-order valence-corrected chi connectivity index (χ1v) is 9.40. The lowest BCUT2D eigenvalue weighted by atomic mass is 10.2. The van der Waals surface area contributed by atoms with E-state index in [-0.39, 0.29) is 18.0 Å². The number of rotatable bonds is 8. The van der Waals surface area contributed by atoms with Crippen molar-refractivity contribution in [3.8, 4) is 11.8 Å². The summed E-state index contributed by atoms with van der Waals surface area (Å²) in [5.74, 6) is 0.0291. The van der Waals surface area contributed by atoms with Gasteiger partial charge in [-0.2, -0.15) is 9.57 Å². The van der Waals surface area contributed by atoms with Crippen molar-refractivity contribution >= 4 is 21.6 Å². The van der Waals surface area contributed by atoms with Gasteiger partial charge in [0.15, 0.2) is 0 Å². The number of methoxy groups -OCH3 is 1. The van der Waals surface area contributed by atoms with Crippen LogP contribution in [0.25, 0.3) is 0 Å². The number of nitriles is 1. The van der Waals surface area contributed by atoms with E-state index in [0.717, 1.165) is 4.31 Å². The molecule has 2 aromatic rings. The second kappa shape index (κ2) is 8.98. The fourth-order valence-electron chi connectivity index (χ4n) is 2.28. The SMILES string of the molecule is C=CCN(CC(=O)Nc1ccc(C#N)cc1)S(=O)(=O)c1ccc(OC)cc1. The lowest BCUT2D eigenvalue weighted by molar-refractivity contribution is -0.116. The molecule has 0 unspecified atom stereocenters. The minimum Gasteiger partial charge on any atom is -0.497 e. The summed E-state index contributed by atoms with van der Waals surface area (Å²) in [5.41, 5.74) is 0.933. The summed E-state index contributed by atoms with van der Waals surface area (Å²) in [4.78, 5) is 12.3. The topological polar surface area (TPSA) is 99.5 Å². The molecular formula is C19H19N3O4S. The summed E-state index contributed by atoms with van der Waals surface area (Å²) < 4.78 is 31.7. The van der Waals surface area contributed by atoms with Crippen LogP contribution in [0.5, 0.6) is 5.75 Å². The summed E-state index contributed by atoms with van der Waals surface area (Å²) >= 11 is 0. The number of carbonyl (C=O) groups is 1. The number of sulfonamides is 1. The second-order valence-electron chi connectivity index (χ2n) is 5.50. The molecule has 0 aromatic heterocycles. The molecule has 8 heteroatoms. The fourth-order valence-corrected chi connectivity index (χ4v) is 3.64. The van der Waals surface area contributed by atoms with Crippen molar-refractivity contribution in [1.29, 1.82) is 5.26 Å². The van der Waals surface area contributed by atoms with Crippen LogP contribution < -0.4 is 10.1 Å². The quantitative estimate of drug-likeness (QED) is 0.703. The summed E-state index contributed by atoms with van der Waals surface area (Å²) in [5, 5.41) is 11.4. The smallest absolute Gasteiger partial charge is 0.243 e. The predicted octanol–water partition coefficient (Wildman–Crippen LogP) is 2.38. The predicted molar refractivity (Wildman–Crippen MR) is 102 cm³/mol. The van der Waals surface area contributed by atoms with Crippen LogP contribution in [0.3, 0.4) is 0 Å². The Hall–Kier alpha value is -3.15. The molecule has 0 saturated heterocycles. The van der Waals surface area contributed by atoms with Crippen molar-refractivity contribution in [3.63, 3.8) is 0 Å². The molecule has 0 fully saturated rings. The Morgan fingerprint density at radius 2 is 1.85 bits per heavy atom. The number of nitrogens with one attached hydrogen (secondary N) is 1. The van der Waals surface area contributed by atoms with E-state index in [2.05, 4.69) is 11.9 Å². The van der Waals surface area contributed by atoms with Crippen molar-refractivity contribution in [2.45, 2.75) is 4.90 Å². The molecule has 140 valence electrons. The van der Waals surface area contributed by atoms with Crippen LogP contribution in [0.4, 0.5) is 5.69 Å². The Balaban J connectivity index is 2.15. The molecule has 0 heterocycles. The van der Waals surface area contributed by atoms with Gasteiger partial charge < -0.3 is 10.1 Å². The number of anilines is 1. The Bertz CT molecular complexity index is 946. The zero-order chi connectivity index (χ0) is 19.9. The number of hydrogen-bond acceptors (Lipinski definition) is 5. The zero-order valence-electron chi connectivity index (χ0n) is 14.8. The van der Waals surface area contributed by atoms with E-state index in [1.54, 1.807) is 24.3 Å². The third kappa shape index (κ3) is 5.17. The van der Waals surface area contributed by atoms with E-state index in [9.17, 15) is 13.2 Å². The Morgan fingerprint density at radius 3 is 2.37 bits per heavy atom. The maximum atomic E-state index is 12.8. The van der Waals surface area contributed by atoms with Gasteiger partial charge in [-0.05, 0) is 48.5 Å². The summed E-state index contributed by atoms with van der Waals surface area (Å²) in [6.45, 7) is 3.16. The fraction of sp³-hybridized carbons (Fsp3) is 0.158. The molecule has 1 amide bonds. The number of carbonyl (C=O) groups excluding carboxylic acids is 1. The maximum absolute atomic E-state index is 12.8. The molecule has 0 aliphatic carbocycles. The molecule has 0 aliphatic rings. The number of hydrogen-bond donors (Lipinski definition) is 1. The van der Waals surface area contributed by atoms with Gasteiger partial charge in [-0.3, -0.25) is 4.79 Å². The van der Waals surface area contributed by atoms with Gasteiger partial charge in [-0.25, -0.2) is 8.42 Å². The first-order valence-electron chi connectivity index (χ1n) is 7.96. The van der Waals surface area contributed by atoms with Crippen molar-refractivity contribution < 1.29 is 17.9 Å². The Labute approximate surface area is 158 Å². The Morgan fingerprint density at radius 1 is 1.22 bits per heavy atom. The molecule has 0 atom stereocenters. The van der Waals surface area contributed by atoms with Crippen molar-refractivity contribution in [2.24, 2.45) is 0 Å². The second-order valence-corrected chi connectivity index (χ2v) is 7.44. The third-order valence-electron chi connectivity index (χ3n) is 3.65. The average molecular weight is 385 g/mol. The van der Waals surface area contributed by atoms with Crippen molar-refractivity contribution in [1.82, 2.24) is 4.31 Å². The van der Waals surface area contributed by atoms with Crippen LogP contribution in [0.2, 0.25) is 0 Å². The van der Waals surface area contributed by atoms with Gasteiger partial charge in [0.25, 0.3) is 0 Å². The van der Waals surface area contributed by atoms with Crippen LogP contribution in [-0.2, 0) is 14.8 Å². The van der Waals surface area contributed by atoms with E-state index >= 15 is 0 Å². The maximum Gasteiger partial charge on any atom is 0.243 e. The lowest BCUT2D eigenvalue weighted by Gasteiger charge is -2.20. The minimum absolute atomic E-state index is 0.0187. The first kappa shape index (κ1) is 20.2. The highest BCUT2D eigenvalue weighted by molar-refractivity contribution is 7.89. The van der Waals surface area contributed by atoms with E-state index in [1.807, 2.05) is 6.07 Å². The van der Waals surface area contributed by atoms with Crippen LogP contribution in [0.1, 0.15) is 5.56 Å². The van der Waals surface area contributed by atoms with Gasteiger partial charge in [0.05, 0.1) is 30.2 Å². The molecule has 7 nitrogen and oxygen atoms in total. The summed E-state index contributed by atoms with van der Waals surface area (Å²) in [7, 11) is -2.40. The number of ether oxygens (including phenoxy) is 1. The van der Waals surface area contributed by atoms with Crippen molar-refractivity contribution in [2.75, 3.05) is 25.5 Å². The van der Waals surface area contributed by atoms with Crippen LogP contribution >= 0.6 is 0 Å². The molecule has 0 radical (unpaired) electrons. The molecule has 2 aromatic carbocycles. The molecule has 0 bridgehead atoms. The molecule has 27 heavy (non-hydrogen) atoms. The molecule has 0 saturated carbocycles. The standard InChI is InChI=1S/C19H19N3O4S/c1-3-12-22(27(24,25)18-10-8-17(26-2)9-11-18)14-19(23)21-16-6-4-15(13-20)5-7-16/h3-11H,1,12,14H2,2H3,(H,21,23). The van der Waals surface area contributed by atoms with Crippen LogP contribution in [0.15, 0.2) is 66.1 Å². The van der Waals surface area contributed by atoms with Gasteiger partial charge >= 0.3 is 0 Å². The Kier molecular flexibility index (Phi) is 6.71. The first-order chi connectivity index (χ1) is 12.9. The normalized spacial score (nSPS) is 10.9. The van der Waals surface area contributed by atoms with Crippen LogP contribution in [-0.4, -0.2) is 38.8 Å². The van der Waals surface area contributed by atoms with Gasteiger partial charge in [0, 0.05) is 12.2 Å².